The van der Waals surface area contributed by atoms with Crippen molar-refractivity contribution in [3.05, 3.63) is 82.9 Å². The molecule has 8 nitrogen and oxygen atoms in total. The first kappa shape index (κ1) is 18.8. The van der Waals surface area contributed by atoms with Crippen molar-refractivity contribution in [2.45, 2.75) is 20.4 Å². The second-order valence-electron chi connectivity index (χ2n) is 6.52. The molecule has 0 saturated heterocycles. The Morgan fingerprint density at radius 2 is 2.00 bits per heavy atom. The van der Waals surface area contributed by atoms with Crippen LogP contribution in [0.3, 0.4) is 0 Å². The fourth-order valence-corrected chi connectivity index (χ4v) is 3.10. The van der Waals surface area contributed by atoms with Crippen molar-refractivity contribution >= 4 is 17.5 Å². The highest BCUT2D eigenvalue weighted by atomic mass is 35.5. The van der Waals surface area contributed by atoms with Crippen LogP contribution in [0.2, 0.25) is 5.02 Å². The highest BCUT2D eigenvalue weighted by Crippen LogP contribution is 2.18. The zero-order valence-electron chi connectivity index (χ0n) is 15.9. The summed E-state index contributed by atoms with van der Waals surface area (Å²) in [5, 5.41) is 7.51. The van der Waals surface area contributed by atoms with E-state index >= 15 is 0 Å². The zero-order chi connectivity index (χ0) is 20.4. The first-order valence-electron chi connectivity index (χ1n) is 8.93. The van der Waals surface area contributed by atoms with Crippen LogP contribution in [0.5, 0.6) is 0 Å². The Hall–Kier alpha value is -3.52. The van der Waals surface area contributed by atoms with Gasteiger partial charge in [-0.05, 0) is 43.7 Å². The number of imidazole rings is 1. The number of pyridine rings is 2. The number of hydrogen-bond donors (Lipinski definition) is 1. The van der Waals surface area contributed by atoms with Gasteiger partial charge in [0.1, 0.15) is 17.8 Å². The molecule has 0 saturated carbocycles. The highest BCUT2D eigenvalue weighted by Gasteiger charge is 2.15. The van der Waals surface area contributed by atoms with Crippen LogP contribution in [0.1, 0.15) is 27.4 Å². The largest absolute Gasteiger partial charge is 0.347 e. The summed E-state index contributed by atoms with van der Waals surface area (Å²) in [4.78, 5) is 25.4. The highest BCUT2D eigenvalue weighted by molar-refractivity contribution is 6.33. The van der Waals surface area contributed by atoms with Gasteiger partial charge in [-0.25, -0.2) is 19.6 Å². The number of amides is 1. The summed E-state index contributed by atoms with van der Waals surface area (Å²) in [6.45, 7) is 4.13. The van der Waals surface area contributed by atoms with Crippen molar-refractivity contribution in [2.75, 3.05) is 0 Å². The molecule has 0 bridgehead atoms. The lowest BCUT2D eigenvalue weighted by Crippen LogP contribution is -2.25. The van der Waals surface area contributed by atoms with Crippen LogP contribution >= 0.6 is 11.6 Å². The van der Waals surface area contributed by atoms with Gasteiger partial charge >= 0.3 is 0 Å². The second-order valence-corrected chi connectivity index (χ2v) is 6.92. The molecule has 0 spiro atoms. The molecule has 0 aliphatic rings. The van der Waals surface area contributed by atoms with Crippen molar-refractivity contribution in [1.29, 1.82) is 0 Å². The van der Waals surface area contributed by atoms with Gasteiger partial charge in [0, 0.05) is 30.8 Å². The third-order valence-corrected chi connectivity index (χ3v) is 4.61. The Morgan fingerprint density at radius 3 is 2.66 bits per heavy atom. The van der Waals surface area contributed by atoms with Gasteiger partial charge in [0.05, 0.1) is 10.7 Å². The van der Waals surface area contributed by atoms with Crippen LogP contribution in [0.25, 0.3) is 11.6 Å². The maximum absolute atomic E-state index is 12.6. The van der Waals surface area contributed by atoms with Gasteiger partial charge in [-0.1, -0.05) is 17.7 Å². The van der Waals surface area contributed by atoms with Crippen molar-refractivity contribution < 1.29 is 4.79 Å². The molecule has 4 aromatic heterocycles. The summed E-state index contributed by atoms with van der Waals surface area (Å²) in [5.41, 5.74) is 2.80. The minimum atomic E-state index is -0.364. The van der Waals surface area contributed by atoms with Gasteiger partial charge in [0.15, 0.2) is 5.82 Å². The van der Waals surface area contributed by atoms with Crippen LogP contribution in [0.4, 0.5) is 0 Å². The topological polar surface area (TPSA) is 90.5 Å². The van der Waals surface area contributed by atoms with Crippen molar-refractivity contribution in [1.82, 2.24) is 34.6 Å². The molecule has 4 aromatic rings. The number of carbonyl (C=O) groups is 1. The Morgan fingerprint density at radius 1 is 1.17 bits per heavy atom. The fraction of sp³-hybridized carbons (Fsp3) is 0.150. The summed E-state index contributed by atoms with van der Waals surface area (Å²) >= 11 is 6.21. The Labute approximate surface area is 172 Å². The van der Waals surface area contributed by atoms with Crippen molar-refractivity contribution in [2.24, 2.45) is 0 Å². The van der Waals surface area contributed by atoms with E-state index in [0.29, 0.717) is 12.4 Å². The lowest BCUT2D eigenvalue weighted by Gasteiger charge is -2.09. The summed E-state index contributed by atoms with van der Waals surface area (Å²) in [5.74, 6) is 0.924. The Balaban J connectivity index is 1.48. The van der Waals surface area contributed by atoms with E-state index in [0.717, 1.165) is 22.8 Å². The van der Waals surface area contributed by atoms with Crippen LogP contribution in [0.15, 0.2) is 55.2 Å². The first-order valence-corrected chi connectivity index (χ1v) is 9.31. The van der Waals surface area contributed by atoms with E-state index in [4.69, 9.17) is 11.6 Å². The van der Waals surface area contributed by atoms with E-state index in [1.54, 1.807) is 40.1 Å². The van der Waals surface area contributed by atoms with E-state index in [2.05, 4.69) is 25.4 Å². The van der Waals surface area contributed by atoms with Gasteiger partial charge in [-0.15, -0.1) is 0 Å². The van der Waals surface area contributed by atoms with E-state index < -0.39 is 0 Å². The van der Waals surface area contributed by atoms with Gasteiger partial charge in [-0.2, -0.15) is 5.10 Å². The number of carbonyl (C=O) groups excluding carboxylic acids is 1. The molecule has 1 N–H and O–H groups in total. The third-order valence-electron chi connectivity index (χ3n) is 4.30. The normalized spacial score (nSPS) is 10.9. The van der Waals surface area contributed by atoms with Crippen molar-refractivity contribution in [3.63, 3.8) is 0 Å². The lowest BCUT2D eigenvalue weighted by molar-refractivity contribution is 0.0946. The predicted octanol–water partition coefficient (Wildman–Crippen LogP) is 3.05. The molecule has 4 heterocycles. The summed E-state index contributed by atoms with van der Waals surface area (Å²) in [6.07, 6.45) is 6.88. The van der Waals surface area contributed by atoms with E-state index in [1.165, 1.54) is 0 Å². The minimum Gasteiger partial charge on any atom is -0.347 e. The van der Waals surface area contributed by atoms with Gasteiger partial charge in [0.25, 0.3) is 5.91 Å². The summed E-state index contributed by atoms with van der Waals surface area (Å²) < 4.78 is 3.48. The summed E-state index contributed by atoms with van der Waals surface area (Å²) in [6, 6.07) is 9.08. The van der Waals surface area contributed by atoms with Gasteiger partial charge in [0.2, 0.25) is 0 Å². The van der Waals surface area contributed by atoms with Crippen LogP contribution in [-0.4, -0.2) is 35.2 Å². The molecule has 0 aromatic carbocycles. The molecular formula is C20H18ClN7O. The molecule has 0 aliphatic carbocycles. The first-order chi connectivity index (χ1) is 14.0. The van der Waals surface area contributed by atoms with Crippen LogP contribution in [-0.2, 0) is 6.54 Å². The molecule has 0 fully saturated rings. The smallest absolute Gasteiger partial charge is 0.271 e. The quantitative estimate of drug-likeness (QED) is 0.549. The number of aryl methyl sites for hydroxylation is 2. The number of rotatable bonds is 5. The number of aromatic nitrogens is 6. The third kappa shape index (κ3) is 4.02. The number of halogens is 1. The number of hydrogen-bond acceptors (Lipinski definition) is 5. The maximum Gasteiger partial charge on any atom is 0.271 e. The standard InChI is InChI=1S/C20H18ClN7O/c1-13-9-14(2)28(26-13)18-6-4-16(21)19(25-18)20(29)24-11-15-3-5-17(23-10-15)27-8-7-22-12-27/h3-10,12H,11H2,1-2H3,(H,24,29). The predicted molar refractivity (Wildman–Crippen MR) is 108 cm³/mol. The Bertz CT molecular complexity index is 1150. The average Bonchev–Trinajstić information content (AvgIpc) is 3.36. The number of nitrogens with zero attached hydrogens (tertiary/aromatic N) is 6. The SMILES string of the molecule is Cc1cc(C)n(-c2ccc(Cl)c(C(=O)NCc3ccc(-n4ccnc4)nc3)n2)n1. The molecular weight excluding hydrogens is 390 g/mol. The monoisotopic (exact) mass is 407 g/mol. The van der Waals surface area contributed by atoms with E-state index in [9.17, 15) is 4.79 Å². The van der Waals surface area contributed by atoms with E-state index in [1.807, 2.05) is 38.2 Å². The zero-order valence-corrected chi connectivity index (χ0v) is 16.6. The lowest BCUT2D eigenvalue weighted by atomic mass is 10.2. The average molecular weight is 408 g/mol. The van der Waals surface area contributed by atoms with Crippen molar-refractivity contribution in [3.8, 4) is 11.6 Å². The molecule has 4 rings (SSSR count). The van der Waals surface area contributed by atoms with Crippen LogP contribution in [0, 0.1) is 13.8 Å². The summed E-state index contributed by atoms with van der Waals surface area (Å²) in [7, 11) is 0. The Kier molecular flexibility index (Phi) is 5.09. The minimum absolute atomic E-state index is 0.153. The fourth-order valence-electron chi connectivity index (χ4n) is 2.90. The molecule has 146 valence electrons. The van der Waals surface area contributed by atoms with Crippen LogP contribution < -0.4 is 5.32 Å². The molecule has 0 aliphatic heterocycles. The van der Waals surface area contributed by atoms with Gasteiger partial charge < -0.3 is 5.32 Å². The molecule has 9 heteroatoms. The van der Waals surface area contributed by atoms with Gasteiger partial charge in [-0.3, -0.25) is 9.36 Å². The molecule has 29 heavy (non-hydrogen) atoms. The second kappa shape index (κ2) is 7.84. The molecule has 0 radical (unpaired) electrons. The molecule has 1 amide bonds. The maximum atomic E-state index is 12.6. The molecule has 0 unspecified atom stereocenters. The number of nitrogens with one attached hydrogen (secondary N) is 1. The van der Waals surface area contributed by atoms with E-state index in [-0.39, 0.29) is 16.6 Å². The molecule has 0 atom stereocenters.